The minimum atomic E-state index is 0.779. The summed E-state index contributed by atoms with van der Waals surface area (Å²) in [5.41, 5.74) is 10.7. The summed E-state index contributed by atoms with van der Waals surface area (Å²) in [4.78, 5) is 0. The third-order valence-corrected chi connectivity index (χ3v) is 9.69. The monoisotopic (exact) mass is 612 g/mol. The van der Waals surface area contributed by atoms with Crippen molar-refractivity contribution in [1.29, 1.82) is 0 Å². The molecule has 0 spiro atoms. The molecule has 2 aromatic heterocycles. The van der Waals surface area contributed by atoms with Gasteiger partial charge >= 0.3 is 0 Å². The van der Waals surface area contributed by atoms with Gasteiger partial charge in [-0.1, -0.05) is 152 Å². The van der Waals surface area contributed by atoms with Gasteiger partial charge in [0.25, 0.3) is 0 Å². The second kappa shape index (κ2) is 10.6. The van der Waals surface area contributed by atoms with Gasteiger partial charge in [-0.05, 0) is 73.1 Å². The number of hydrogen-bond acceptors (Lipinski definition) is 2. The second-order valence-electron chi connectivity index (χ2n) is 12.4. The Balaban J connectivity index is 1.14. The first-order valence-corrected chi connectivity index (χ1v) is 16.3. The fraction of sp³-hybridized carbons (Fsp3) is 0. The van der Waals surface area contributed by atoms with Gasteiger partial charge in [0.05, 0.1) is 0 Å². The van der Waals surface area contributed by atoms with Gasteiger partial charge in [0, 0.05) is 21.7 Å². The lowest BCUT2D eigenvalue weighted by atomic mass is 9.85. The lowest BCUT2D eigenvalue weighted by Crippen LogP contribution is -1.90. The molecule has 0 bridgehead atoms. The van der Waals surface area contributed by atoms with Crippen LogP contribution in [0, 0.1) is 0 Å². The van der Waals surface area contributed by atoms with E-state index in [4.69, 9.17) is 8.83 Å². The molecule has 0 saturated heterocycles. The molecule has 2 heteroatoms. The summed E-state index contributed by atoms with van der Waals surface area (Å²) in [5.74, 6) is 0.839. The van der Waals surface area contributed by atoms with Gasteiger partial charge in [-0.25, -0.2) is 0 Å². The molecule has 2 nitrogen and oxygen atoms in total. The lowest BCUT2D eigenvalue weighted by Gasteiger charge is -2.18. The predicted molar refractivity (Wildman–Crippen MR) is 200 cm³/mol. The highest BCUT2D eigenvalue weighted by Crippen LogP contribution is 2.45. The molecule has 10 rings (SSSR count). The quantitative estimate of drug-likeness (QED) is 0.185. The van der Waals surface area contributed by atoms with E-state index in [0.717, 1.165) is 55.4 Å². The van der Waals surface area contributed by atoms with Crippen LogP contribution < -0.4 is 0 Å². The molecule has 0 aliphatic heterocycles. The summed E-state index contributed by atoms with van der Waals surface area (Å²) in [6.07, 6.45) is 0. The molecule has 10 aromatic rings. The van der Waals surface area contributed by atoms with Gasteiger partial charge in [0.2, 0.25) is 0 Å². The van der Waals surface area contributed by atoms with Crippen LogP contribution in [0.5, 0.6) is 0 Å². The van der Waals surface area contributed by atoms with Gasteiger partial charge in [0.1, 0.15) is 11.3 Å². The molecule has 0 saturated carbocycles. The Morgan fingerprint density at radius 1 is 0.333 bits per heavy atom. The summed E-state index contributed by atoms with van der Waals surface area (Å²) in [5, 5.41) is 8.21. The average Bonchev–Trinajstić information content (AvgIpc) is 3.77. The highest BCUT2D eigenvalue weighted by Gasteiger charge is 2.19. The third-order valence-electron chi connectivity index (χ3n) is 9.69. The van der Waals surface area contributed by atoms with E-state index < -0.39 is 0 Å². The molecule has 0 amide bonds. The van der Waals surface area contributed by atoms with Crippen molar-refractivity contribution in [3.63, 3.8) is 0 Å². The Morgan fingerprint density at radius 2 is 0.875 bits per heavy atom. The Bertz CT molecular complexity index is 2750. The van der Waals surface area contributed by atoms with Crippen molar-refractivity contribution in [2.24, 2.45) is 0 Å². The maximum absolute atomic E-state index is 6.52. The van der Waals surface area contributed by atoms with Crippen molar-refractivity contribution in [2.45, 2.75) is 0 Å². The fourth-order valence-electron chi connectivity index (χ4n) is 7.54. The van der Waals surface area contributed by atoms with Crippen molar-refractivity contribution in [3.05, 3.63) is 170 Å². The molecule has 0 aliphatic carbocycles. The van der Waals surface area contributed by atoms with Gasteiger partial charge in [-0.15, -0.1) is 0 Å². The Labute approximate surface area is 277 Å². The van der Waals surface area contributed by atoms with Crippen LogP contribution >= 0.6 is 0 Å². The van der Waals surface area contributed by atoms with Crippen LogP contribution in [0.1, 0.15) is 0 Å². The van der Waals surface area contributed by atoms with E-state index >= 15 is 0 Å². The molecular formula is C46H28O2. The fourth-order valence-corrected chi connectivity index (χ4v) is 7.54. The summed E-state index contributed by atoms with van der Waals surface area (Å²) >= 11 is 0. The predicted octanol–water partition coefficient (Wildman–Crippen LogP) is 13.3. The van der Waals surface area contributed by atoms with Crippen molar-refractivity contribution in [1.82, 2.24) is 0 Å². The van der Waals surface area contributed by atoms with Crippen LogP contribution in [-0.4, -0.2) is 0 Å². The van der Waals surface area contributed by atoms with Crippen molar-refractivity contribution >= 4 is 54.5 Å². The van der Waals surface area contributed by atoms with Gasteiger partial charge in [-0.2, -0.15) is 0 Å². The van der Waals surface area contributed by atoms with Crippen molar-refractivity contribution < 1.29 is 8.83 Å². The molecule has 2 heterocycles. The van der Waals surface area contributed by atoms with Crippen LogP contribution in [0.4, 0.5) is 0 Å². The lowest BCUT2D eigenvalue weighted by molar-refractivity contribution is 0.611. The zero-order chi connectivity index (χ0) is 31.6. The molecule has 224 valence electrons. The van der Waals surface area contributed by atoms with Gasteiger partial charge in [-0.3, -0.25) is 0 Å². The summed E-state index contributed by atoms with van der Waals surface area (Å²) in [6, 6.07) is 60.3. The Kier molecular flexibility index (Phi) is 5.91. The number of fused-ring (bicyclic) bond motifs is 7. The summed E-state index contributed by atoms with van der Waals surface area (Å²) in [6.45, 7) is 0. The van der Waals surface area contributed by atoms with Gasteiger partial charge < -0.3 is 8.83 Å². The molecule has 0 unspecified atom stereocenters. The maximum atomic E-state index is 6.52. The third kappa shape index (κ3) is 4.06. The number of furan rings is 2. The van der Waals surface area contributed by atoms with Crippen LogP contribution in [0.25, 0.3) is 99.2 Å². The normalized spacial score (nSPS) is 11.8. The average molecular weight is 613 g/mol. The molecule has 0 aliphatic rings. The Morgan fingerprint density at radius 3 is 1.50 bits per heavy atom. The number of benzene rings is 8. The summed E-state index contributed by atoms with van der Waals surface area (Å²) in [7, 11) is 0. The minimum Gasteiger partial charge on any atom is -0.452 e. The van der Waals surface area contributed by atoms with E-state index in [2.05, 4.69) is 146 Å². The second-order valence-corrected chi connectivity index (χ2v) is 12.4. The van der Waals surface area contributed by atoms with Crippen LogP contribution in [0.3, 0.4) is 0 Å². The maximum Gasteiger partial charge on any atom is 0.178 e. The molecular weight excluding hydrogens is 585 g/mol. The topological polar surface area (TPSA) is 26.3 Å². The zero-order valence-electron chi connectivity index (χ0n) is 26.0. The minimum absolute atomic E-state index is 0.779. The van der Waals surface area contributed by atoms with E-state index in [0.29, 0.717) is 0 Å². The molecule has 0 fully saturated rings. The Hall–Kier alpha value is -6.38. The molecule has 48 heavy (non-hydrogen) atoms. The molecule has 0 atom stereocenters. The smallest absolute Gasteiger partial charge is 0.178 e. The van der Waals surface area contributed by atoms with E-state index in [1.165, 1.54) is 43.8 Å². The first-order chi connectivity index (χ1) is 23.8. The van der Waals surface area contributed by atoms with Crippen molar-refractivity contribution in [3.8, 4) is 44.7 Å². The van der Waals surface area contributed by atoms with Crippen LogP contribution in [0.15, 0.2) is 179 Å². The highest BCUT2D eigenvalue weighted by atomic mass is 16.4. The van der Waals surface area contributed by atoms with Crippen LogP contribution in [0.2, 0.25) is 0 Å². The number of hydrogen-bond donors (Lipinski definition) is 0. The number of rotatable bonds is 4. The first-order valence-electron chi connectivity index (χ1n) is 16.3. The molecule has 0 radical (unpaired) electrons. The zero-order valence-corrected chi connectivity index (χ0v) is 26.0. The van der Waals surface area contributed by atoms with E-state index in [1.54, 1.807) is 0 Å². The van der Waals surface area contributed by atoms with Crippen LogP contribution in [-0.2, 0) is 0 Å². The molecule has 0 N–H and O–H groups in total. The van der Waals surface area contributed by atoms with Gasteiger partial charge in [0.15, 0.2) is 11.2 Å². The van der Waals surface area contributed by atoms with E-state index in [-0.39, 0.29) is 0 Å². The molecule has 8 aromatic carbocycles. The summed E-state index contributed by atoms with van der Waals surface area (Å²) < 4.78 is 12.9. The SMILES string of the molecule is c1ccc(-c2cc3ccc4c(oc5cccc(-c6ccc(-c7c8ccccc8c(-c8ccccc8)c8ccccc78)cc6)c54)c3o2)cc1. The van der Waals surface area contributed by atoms with E-state index in [9.17, 15) is 0 Å². The van der Waals surface area contributed by atoms with E-state index in [1.807, 2.05) is 24.3 Å². The largest absolute Gasteiger partial charge is 0.452 e. The van der Waals surface area contributed by atoms with Crippen molar-refractivity contribution in [2.75, 3.05) is 0 Å². The highest BCUT2D eigenvalue weighted by molar-refractivity contribution is 6.22. The standard InChI is InChI=1S/C46H28O2/c1-3-12-30(13-4-1)41-28-33-26-27-39-44-34(20-11-21-40(44)47-46(39)45(33)48-41)29-22-24-32(25-23-29)43-37-18-9-7-16-35(37)42(31-14-5-2-6-15-31)36-17-8-10-19-38(36)43/h1-28H. The first kappa shape index (κ1) is 26.8.